The van der Waals surface area contributed by atoms with Gasteiger partial charge >= 0.3 is 0 Å². The lowest BCUT2D eigenvalue weighted by Crippen LogP contribution is -2.12. The molecule has 0 aliphatic carbocycles. The molecule has 0 bridgehead atoms. The average Bonchev–Trinajstić information content (AvgIpc) is 2.81. The summed E-state index contributed by atoms with van der Waals surface area (Å²) in [4.78, 5) is 1.35. The quantitative estimate of drug-likeness (QED) is 0.888. The average molecular weight is 311 g/mol. The summed E-state index contributed by atoms with van der Waals surface area (Å²) in [5, 5.41) is 11.5. The molecule has 0 radical (unpaired) electrons. The molecule has 90 valence electrons. The molecular formula is C14H15BrOS. The zero-order valence-corrected chi connectivity index (χ0v) is 11.9. The van der Waals surface area contributed by atoms with Crippen LogP contribution in [0.5, 0.6) is 0 Å². The molecule has 1 aromatic heterocycles. The number of aliphatic hydroxyl groups is 1. The Morgan fingerprint density at radius 3 is 2.71 bits per heavy atom. The number of hydrogen-bond donors (Lipinski definition) is 1. The van der Waals surface area contributed by atoms with E-state index in [2.05, 4.69) is 45.6 Å². The lowest BCUT2D eigenvalue weighted by Gasteiger charge is -2.13. The van der Waals surface area contributed by atoms with Crippen molar-refractivity contribution in [1.29, 1.82) is 0 Å². The summed E-state index contributed by atoms with van der Waals surface area (Å²) < 4.78 is 1.10. The van der Waals surface area contributed by atoms with Crippen molar-refractivity contribution in [2.45, 2.75) is 12.8 Å². The van der Waals surface area contributed by atoms with E-state index in [1.165, 1.54) is 10.4 Å². The van der Waals surface area contributed by atoms with Gasteiger partial charge in [0.2, 0.25) is 0 Å². The number of thiophene rings is 1. The highest BCUT2D eigenvalue weighted by Crippen LogP contribution is 2.20. The zero-order chi connectivity index (χ0) is 12.1. The van der Waals surface area contributed by atoms with Crippen LogP contribution in [0.4, 0.5) is 0 Å². The highest BCUT2D eigenvalue weighted by molar-refractivity contribution is 9.10. The van der Waals surface area contributed by atoms with Crippen molar-refractivity contribution < 1.29 is 5.11 Å². The maximum atomic E-state index is 9.45. The molecule has 0 spiro atoms. The molecule has 0 saturated heterocycles. The van der Waals surface area contributed by atoms with Crippen LogP contribution in [0, 0.1) is 5.92 Å². The first-order valence-corrected chi connectivity index (χ1v) is 7.33. The maximum absolute atomic E-state index is 9.45. The van der Waals surface area contributed by atoms with Crippen molar-refractivity contribution in [3.05, 3.63) is 56.7 Å². The van der Waals surface area contributed by atoms with Gasteiger partial charge in [0.15, 0.2) is 0 Å². The molecule has 1 aromatic carbocycles. The van der Waals surface area contributed by atoms with Crippen molar-refractivity contribution in [3.63, 3.8) is 0 Å². The van der Waals surface area contributed by atoms with Crippen LogP contribution in [-0.2, 0) is 12.8 Å². The number of benzene rings is 1. The summed E-state index contributed by atoms with van der Waals surface area (Å²) in [5.41, 5.74) is 1.27. The number of halogens is 1. The van der Waals surface area contributed by atoms with Gasteiger partial charge in [-0.3, -0.25) is 0 Å². The molecule has 0 aliphatic rings. The van der Waals surface area contributed by atoms with Crippen LogP contribution in [0.25, 0.3) is 0 Å². The van der Waals surface area contributed by atoms with Crippen LogP contribution in [-0.4, -0.2) is 11.7 Å². The van der Waals surface area contributed by atoms with Gasteiger partial charge in [-0.2, -0.15) is 0 Å². The van der Waals surface area contributed by atoms with Gasteiger partial charge in [-0.25, -0.2) is 0 Å². The lowest BCUT2D eigenvalue weighted by atomic mass is 9.96. The van der Waals surface area contributed by atoms with Crippen molar-refractivity contribution in [1.82, 2.24) is 0 Å². The summed E-state index contributed by atoms with van der Waals surface area (Å²) in [6, 6.07) is 12.5. The third-order valence-corrected chi connectivity index (χ3v) is 4.13. The predicted molar refractivity (Wildman–Crippen MR) is 76.4 cm³/mol. The van der Waals surface area contributed by atoms with E-state index in [4.69, 9.17) is 0 Å². The fraction of sp³-hybridized carbons (Fsp3) is 0.286. The highest BCUT2D eigenvalue weighted by Gasteiger charge is 2.10. The van der Waals surface area contributed by atoms with Crippen LogP contribution < -0.4 is 0 Å². The molecule has 1 N–H and O–H groups in total. The summed E-state index contributed by atoms with van der Waals surface area (Å²) in [6.07, 6.45) is 1.88. The molecule has 2 aromatic rings. The van der Waals surface area contributed by atoms with Crippen molar-refractivity contribution in [2.75, 3.05) is 6.61 Å². The van der Waals surface area contributed by atoms with E-state index in [1.807, 2.05) is 12.1 Å². The standard InChI is InChI=1S/C14H15BrOS/c15-13-4-1-3-11(8-13)7-12(10-16)9-14-5-2-6-17-14/h1-6,8,12,16H,7,9-10H2. The molecule has 1 unspecified atom stereocenters. The van der Waals surface area contributed by atoms with E-state index < -0.39 is 0 Å². The Balaban J connectivity index is 2.00. The Kier molecular flexibility index (Phi) is 4.77. The van der Waals surface area contributed by atoms with Gasteiger partial charge < -0.3 is 5.11 Å². The Labute approximate surface area is 114 Å². The largest absolute Gasteiger partial charge is 0.396 e. The predicted octanol–water partition coefficient (Wildman–Crippen LogP) is 3.90. The Morgan fingerprint density at radius 1 is 1.18 bits per heavy atom. The minimum Gasteiger partial charge on any atom is -0.396 e. The fourth-order valence-electron chi connectivity index (χ4n) is 1.91. The minimum atomic E-state index is 0.240. The molecule has 1 atom stereocenters. The molecule has 0 fully saturated rings. The van der Waals surface area contributed by atoms with Gasteiger partial charge in [0, 0.05) is 16.0 Å². The van der Waals surface area contributed by atoms with Gasteiger partial charge in [0.25, 0.3) is 0 Å². The summed E-state index contributed by atoms with van der Waals surface area (Å²) in [7, 11) is 0. The van der Waals surface area contributed by atoms with Crippen LogP contribution in [0.3, 0.4) is 0 Å². The summed E-state index contributed by atoms with van der Waals surface area (Å²) in [5.74, 6) is 0.308. The van der Waals surface area contributed by atoms with Crippen LogP contribution in [0.2, 0.25) is 0 Å². The molecule has 0 aliphatic heterocycles. The van der Waals surface area contributed by atoms with E-state index in [0.717, 1.165) is 17.3 Å². The summed E-state index contributed by atoms with van der Waals surface area (Å²) >= 11 is 5.23. The van der Waals surface area contributed by atoms with Crippen molar-refractivity contribution in [3.8, 4) is 0 Å². The molecule has 1 nitrogen and oxygen atoms in total. The fourth-order valence-corrected chi connectivity index (χ4v) is 3.18. The SMILES string of the molecule is OCC(Cc1cccc(Br)c1)Cc1cccs1. The monoisotopic (exact) mass is 310 g/mol. The summed E-state index contributed by atoms with van der Waals surface area (Å²) in [6.45, 7) is 0.240. The Hall–Kier alpha value is -0.640. The van der Waals surface area contributed by atoms with Crippen LogP contribution >= 0.6 is 27.3 Å². The van der Waals surface area contributed by atoms with E-state index in [-0.39, 0.29) is 6.61 Å². The number of hydrogen-bond acceptors (Lipinski definition) is 2. The van der Waals surface area contributed by atoms with Crippen LogP contribution in [0.15, 0.2) is 46.3 Å². The van der Waals surface area contributed by atoms with E-state index in [1.54, 1.807) is 11.3 Å². The smallest absolute Gasteiger partial charge is 0.0465 e. The molecule has 1 heterocycles. The second-order valence-corrected chi connectivity index (χ2v) is 6.11. The third kappa shape index (κ3) is 3.95. The van der Waals surface area contributed by atoms with E-state index in [0.29, 0.717) is 5.92 Å². The van der Waals surface area contributed by atoms with Crippen molar-refractivity contribution >= 4 is 27.3 Å². The second kappa shape index (κ2) is 6.34. The molecule has 0 amide bonds. The highest BCUT2D eigenvalue weighted by atomic mass is 79.9. The lowest BCUT2D eigenvalue weighted by molar-refractivity contribution is 0.225. The third-order valence-electron chi connectivity index (χ3n) is 2.74. The first kappa shape index (κ1) is 12.8. The zero-order valence-electron chi connectivity index (χ0n) is 9.47. The van der Waals surface area contributed by atoms with E-state index in [9.17, 15) is 5.11 Å². The minimum absolute atomic E-state index is 0.240. The Bertz CT molecular complexity index is 453. The van der Waals surface area contributed by atoms with Crippen molar-refractivity contribution in [2.24, 2.45) is 5.92 Å². The van der Waals surface area contributed by atoms with Gasteiger partial charge in [-0.15, -0.1) is 11.3 Å². The molecule has 0 saturated carbocycles. The number of rotatable bonds is 5. The first-order valence-electron chi connectivity index (χ1n) is 5.65. The van der Waals surface area contributed by atoms with E-state index >= 15 is 0 Å². The normalized spacial score (nSPS) is 12.6. The maximum Gasteiger partial charge on any atom is 0.0465 e. The van der Waals surface area contributed by atoms with Crippen LogP contribution in [0.1, 0.15) is 10.4 Å². The molecule has 2 rings (SSSR count). The second-order valence-electron chi connectivity index (χ2n) is 4.17. The van der Waals surface area contributed by atoms with Gasteiger partial charge in [0.1, 0.15) is 0 Å². The topological polar surface area (TPSA) is 20.2 Å². The number of aliphatic hydroxyl groups excluding tert-OH is 1. The van der Waals surface area contributed by atoms with Gasteiger partial charge in [-0.1, -0.05) is 34.1 Å². The molecular weight excluding hydrogens is 296 g/mol. The van der Waals surface area contributed by atoms with Gasteiger partial charge in [-0.05, 0) is 47.9 Å². The van der Waals surface area contributed by atoms with Gasteiger partial charge in [0.05, 0.1) is 0 Å². The molecule has 17 heavy (non-hydrogen) atoms. The first-order chi connectivity index (χ1) is 8.28. The molecule has 3 heteroatoms. The Morgan fingerprint density at radius 2 is 2.06 bits per heavy atom.